The van der Waals surface area contributed by atoms with Gasteiger partial charge in [-0.15, -0.1) is 13.2 Å². The predicted octanol–water partition coefficient (Wildman–Crippen LogP) is 2.52. The number of Topliss-reactive ketones (excluding diaryl/α,β-unsaturated/α-hetero) is 2. The summed E-state index contributed by atoms with van der Waals surface area (Å²) in [4.78, 5) is 28.3. The van der Waals surface area contributed by atoms with Crippen LogP contribution in [0.15, 0.2) is 36.7 Å². The van der Waals surface area contributed by atoms with Crippen molar-refractivity contribution in [2.75, 3.05) is 0 Å². The molecule has 2 rings (SSSR count). The minimum absolute atomic E-state index is 0.0630. The maximum Gasteiger partial charge on any atom is 0.573 e. The number of alkyl halides is 3. The van der Waals surface area contributed by atoms with Crippen molar-refractivity contribution in [1.82, 2.24) is 9.55 Å². The Morgan fingerprint density at radius 3 is 2.33 bits per heavy atom. The summed E-state index contributed by atoms with van der Waals surface area (Å²) >= 11 is 0. The van der Waals surface area contributed by atoms with Gasteiger partial charge in [-0.2, -0.15) is 5.26 Å². The highest BCUT2D eigenvalue weighted by atomic mass is 19.4. The van der Waals surface area contributed by atoms with Gasteiger partial charge in [0.05, 0.1) is 6.07 Å². The molecular formula is C15H10F3N3O3. The quantitative estimate of drug-likeness (QED) is 0.618. The van der Waals surface area contributed by atoms with Gasteiger partial charge in [-0.3, -0.25) is 9.59 Å². The number of nitriles is 1. The van der Waals surface area contributed by atoms with Crippen molar-refractivity contribution in [3.05, 3.63) is 48.0 Å². The van der Waals surface area contributed by atoms with Gasteiger partial charge in [0.1, 0.15) is 5.75 Å². The molecule has 0 radical (unpaired) electrons. The number of aryl methyl sites for hydroxylation is 1. The molecule has 0 aliphatic heterocycles. The second-order valence-electron chi connectivity index (χ2n) is 4.72. The predicted molar refractivity (Wildman–Crippen MR) is 74.1 cm³/mol. The molecule has 24 heavy (non-hydrogen) atoms. The first-order chi connectivity index (χ1) is 11.2. The molecular weight excluding hydrogens is 327 g/mol. The van der Waals surface area contributed by atoms with Gasteiger partial charge in [-0.1, -0.05) is 0 Å². The second-order valence-corrected chi connectivity index (χ2v) is 4.72. The molecule has 2 aromatic rings. The largest absolute Gasteiger partial charge is 0.573 e. The van der Waals surface area contributed by atoms with Crippen molar-refractivity contribution in [2.24, 2.45) is 13.0 Å². The van der Waals surface area contributed by atoms with Crippen LogP contribution < -0.4 is 4.74 Å². The number of hydrogen-bond acceptors (Lipinski definition) is 5. The summed E-state index contributed by atoms with van der Waals surface area (Å²) in [5.74, 6) is -3.83. The van der Waals surface area contributed by atoms with Gasteiger partial charge in [0.2, 0.25) is 5.78 Å². The number of halogens is 3. The molecule has 0 saturated heterocycles. The van der Waals surface area contributed by atoms with E-state index < -0.39 is 29.6 Å². The minimum atomic E-state index is -4.85. The Labute approximate surface area is 134 Å². The van der Waals surface area contributed by atoms with Crippen molar-refractivity contribution >= 4 is 11.6 Å². The lowest BCUT2D eigenvalue weighted by Crippen LogP contribution is -2.25. The van der Waals surface area contributed by atoms with Crippen LogP contribution >= 0.6 is 0 Å². The third-order valence-corrected chi connectivity index (χ3v) is 3.07. The van der Waals surface area contributed by atoms with Crippen molar-refractivity contribution in [3.8, 4) is 11.8 Å². The zero-order valence-corrected chi connectivity index (χ0v) is 12.2. The van der Waals surface area contributed by atoms with Crippen molar-refractivity contribution in [1.29, 1.82) is 5.26 Å². The fraction of sp³-hybridized carbons (Fsp3) is 0.200. The molecule has 1 aromatic heterocycles. The molecule has 124 valence electrons. The average molecular weight is 337 g/mol. The van der Waals surface area contributed by atoms with Gasteiger partial charge in [-0.25, -0.2) is 4.98 Å². The number of imidazole rings is 1. The molecule has 0 fully saturated rings. The number of carbonyl (C=O) groups is 2. The van der Waals surface area contributed by atoms with Crippen LogP contribution in [0.25, 0.3) is 0 Å². The maximum atomic E-state index is 12.3. The normalized spacial score (nSPS) is 12.3. The highest BCUT2D eigenvalue weighted by Crippen LogP contribution is 2.23. The molecule has 1 aromatic carbocycles. The monoisotopic (exact) mass is 337 g/mol. The van der Waals surface area contributed by atoms with Crippen LogP contribution in [-0.2, 0) is 7.05 Å². The molecule has 6 nitrogen and oxygen atoms in total. The van der Waals surface area contributed by atoms with E-state index in [0.29, 0.717) is 0 Å². The molecule has 0 saturated carbocycles. The smallest absolute Gasteiger partial charge is 0.406 e. The minimum Gasteiger partial charge on any atom is -0.406 e. The van der Waals surface area contributed by atoms with Gasteiger partial charge in [-0.05, 0) is 24.3 Å². The lowest BCUT2D eigenvalue weighted by atomic mass is 9.94. The summed E-state index contributed by atoms with van der Waals surface area (Å²) in [6.45, 7) is 0. The Bertz CT molecular complexity index is 804. The Morgan fingerprint density at radius 1 is 1.25 bits per heavy atom. The lowest BCUT2D eigenvalue weighted by Gasteiger charge is -2.10. The Hall–Kier alpha value is -3.15. The van der Waals surface area contributed by atoms with Crippen molar-refractivity contribution in [3.63, 3.8) is 0 Å². The van der Waals surface area contributed by atoms with Crippen molar-refractivity contribution < 1.29 is 27.5 Å². The van der Waals surface area contributed by atoms with Crippen LogP contribution in [0.1, 0.15) is 21.0 Å². The number of benzene rings is 1. The van der Waals surface area contributed by atoms with E-state index >= 15 is 0 Å². The van der Waals surface area contributed by atoms with Gasteiger partial charge < -0.3 is 9.30 Å². The summed E-state index contributed by atoms with van der Waals surface area (Å²) in [5.41, 5.74) is -0.0846. The standard InChI is InChI=1S/C15H10F3N3O3/c1-21-7-6-20-14(21)13(23)11(8-19)12(22)9-2-4-10(5-3-9)24-15(16,17)18/h2-7,11H,1H3. The van der Waals surface area contributed by atoms with E-state index in [1.807, 2.05) is 0 Å². The topological polar surface area (TPSA) is 85.0 Å². The van der Waals surface area contributed by atoms with E-state index in [9.17, 15) is 22.8 Å². The molecule has 1 atom stereocenters. The first-order valence-corrected chi connectivity index (χ1v) is 6.54. The number of aromatic nitrogens is 2. The molecule has 0 bridgehead atoms. The fourth-order valence-corrected chi connectivity index (χ4v) is 1.96. The zero-order valence-electron chi connectivity index (χ0n) is 12.2. The van der Waals surface area contributed by atoms with E-state index in [1.54, 1.807) is 6.07 Å². The Balaban J connectivity index is 2.22. The summed E-state index contributed by atoms with van der Waals surface area (Å²) < 4.78 is 41.3. The van der Waals surface area contributed by atoms with E-state index in [4.69, 9.17) is 5.26 Å². The molecule has 0 amide bonds. The molecule has 0 aliphatic carbocycles. The van der Waals surface area contributed by atoms with E-state index in [2.05, 4.69) is 9.72 Å². The third kappa shape index (κ3) is 3.78. The molecule has 9 heteroatoms. The Kier molecular flexibility index (Phi) is 4.69. The van der Waals surface area contributed by atoms with Crippen molar-refractivity contribution in [2.45, 2.75) is 6.36 Å². The van der Waals surface area contributed by atoms with Crippen LogP contribution in [0, 0.1) is 17.2 Å². The fourth-order valence-electron chi connectivity index (χ4n) is 1.96. The first kappa shape index (κ1) is 17.2. The van der Waals surface area contributed by atoms with Crippen LogP contribution in [-0.4, -0.2) is 27.5 Å². The maximum absolute atomic E-state index is 12.3. The summed E-state index contributed by atoms with van der Waals surface area (Å²) in [6.07, 6.45) is -2.03. The molecule has 0 spiro atoms. The van der Waals surface area contributed by atoms with E-state index in [-0.39, 0.29) is 11.4 Å². The molecule has 0 aliphatic rings. The average Bonchev–Trinajstić information content (AvgIpc) is 2.93. The molecule has 0 N–H and O–H groups in total. The third-order valence-electron chi connectivity index (χ3n) is 3.07. The highest BCUT2D eigenvalue weighted by molar-refractivity contribution is 6.16. The number of hydrogen-bond donors (Lipinski definition) is 0. The highest BCUT2D eigenvalue weighted by Gasteiger charge is 2.32. The van der Waals surface area contributed by atoms with Crippen LogP contribution in [0.4, 0.5) is 13.2 Å². The zero-order chi connectivity index (χ0) is 17.9. The van der Waals surface area contributed by atoms with Gasteiger partial charge in [0.25, 0.3) is 0 Å². The summed E-state index contributed by atoms with van der Waals surface area (Å²) in [7, 11) is 1.53. The summed E-state index contributed by atoms with van der Waals surface area (Å²) in [6, 6.07) is 5.58. The van der Waals surface area contributed by atoms with E-state index in [1.165, 1.54) is 24.0 Å². The summed E-state index contributed by atoms with van der Waals surface area (Å²) in [5, 5.41) is 9.12. The number of ether oxygens (including phenoxy) is 1. The molecule has 1 unspecified atom stereocenters. The van der Waals surface area contributed by atoms with Crippen LogP contribution in [0.2, 0.25) is 0 Å². The van der Waals surface area contributed by atoms with Gasteiger partial charge in [0.15, 0.2) is 17.5 Å². The van der Waals surface area contributed by atoms with Crippen LogP contribution in [0.3, 0.4) is 0 Å². The SMILES string of the molecule is Cn1ccnc1C(=O)C(C#N)C(=O)c1ccc(OC(F)(F)F)cc1. The first-order valence-electron chi connectivity index (χ1n) is 6.54. The van der Waals surface area contributed by atoms with Gasteiger partial charge in [0, 0.05) is 25.0 Å². The van der Waals surface area contributed by atoms with E-state index in [0.717, 1.165) is 24.3 Å². The number of rotatable bonds is 5. The van der Waals surface area contributed by atoms with Crippen LogP contribution in [0.5, 0.6) is 5.75 Å². The number of carbonyl (C=O) groups excluding carboxylic acids is 2. The number of nitrogens with zero attached hydrogens (tertiary/aromatic N) is 3. The van der Waals surface area contributed by atoms with Gasteiger partial charge >= 0.3 is 6.36 Å². The second kappa shape index (κ2) is 6.54. The lowest BCUT2D eigenvalue weighted by molar-refractivity contribution is -0.274. The Morgan fingerprint density at radius 2 is 1.88 bits per heavy atom. The number of ketones is 2. The molecule has 1 heterocycles.